The number of anilines is 1. The average molecular weight is 262 g/mol. The Hall–Kier alpha value is -1.39. The van der Waals surface area contributed by atoms with Gasteiger partial charge in [-0.1, -0.05) is 17.7 Å². The predicted molar refractivity (Wildman–Crippen MR) is 76.2 cm³/mol. The van der Waals surface area contributed by atoms with Crippen LogP contribution in [0.25, 0.3) is 0 Å². The molecule has 0 aliphatic carbocycles. The Morgan fingerprint density at radius 2 is 2.26 bits per heavy atom. The third-order valence-electron chi connectivity index (χ3n) is 3.71. The van der Waals surface area contributed by atoms with Crippen molar-refractivity contribution < 1.29 is 9.90 Å². The van der Waals surface area contributed by atoms with Gasteiger partial charge in [0.05, 0.1) is 13.2 Å². The molecule has 1 atom stereocenters. The van der Waals surface area contributed by atoms with E-state index < -0.39 is 0 Å². The molecule has 0 unspecified atom stereocenters. The van der Waals surface area contributed by atoms with E-state index in [2.05, 4.69) is 16.3 Å². The average Bonchev–Trinajstić information content (AvgIpc) is 2.80. The van der Waals surface area contributed by atoms with E-state index in [1.54, 1.807) is 0 Å². The summed E-state index contributed by atoms with van der Waals surface area (Å²) in [6, 6.07) is 6.14. The molecule has 2 N–H and O–H groups in total. The zero-order chi connectivity index (χ0) is 13.8. The molecule has 1 saturated heterocycles. The summed E-state index contributed by atoms with van der Waals surface area (Å²) in [4.78, 5) is 14.1. The fourth-order valence-electron chi connectivity index (χ4n) is 2.64. The minimum Gasteiger partial charge on any atom is -0.395 e. The fourth-order valence-corrected chi connectivity index (χ4v) is 2.64. The van der Waals surface area contributed by atoms with Crippen molar-refractivity contribution in [1.29, 1.82) is 0 Å². The van der Waals surface area contributed by atoms with Crippen LogP contribution >= 0.6 is 0 Å². The van der Waals surface area contributed by atoms with E-state index in [1.165, 1.54) is 5.56 Å². The number of hydrogen-bond acceptors (Lipinski definition) is 3. The van der Waals surface area contributed by atoms with Gasteiger partial charge in [0.15, 0.2) is 0 Å². The van der Waals surface area contributed by atoms with Crippen molar-refractivity contribution in [3.8, 4) is 0 Å². The van der Waals surface area contributed by atoms with Crippen molar-refractivity contribution in [1.82, 2.24) is 4.90 Å². The quantitative estimate of drug-likeness (QED) is 0.868. The first-order valence-electron chi connectivity index (χ1n) is 6.82. The van der Waals surface area contributed by atoms with Gasteiger partial charge >= 0.3 is 0 Å². The van der Waals surface area contributed by atoms with Crippen molar-refractivity contribution in [2.45, 2.75) is 32.7 Å². The summed E-state index contributed by atoms with van der Waals surface area (Å²) in [6.07, 6.45) is 2.04. The number of amides is 1. The number of nitrogens with one attached hydrogen (secondary N) is 1. The number of nitrogens with zero attached hydrogens (tertiary/aromatic N) is 1. The number of aliphatic hydroxyl groups excluding tert-OH is 1. The molecule has 1 aromatic rings. The number of likely N-dealkylation sites (tertiary alicyclic amines) is 1. The highest BCUT2D eigenvalue weighted by Crippen LogP contribution is 2.18. The maximum Gasteiger partial charge on any atom is 0.238 e. The van der Waals surface area contributed by atoms with Crippen LogP contribution in [0.2, 0.25) is 0 Å². The molecule has 0 saturated carbocycles. The fraction of sp³-hybridized carbons (Fsp3) is 0.533. The number of aryl methyl sites for hydroxylation is 2. The summed E-state index contributed by atoms with van der Waals surface area (Å²) in [5.41, 5.74) is 3.14. The molecule has 4 nitrogen and oxygen atoms in total. The van der Waals surface area contributed by atoms with E-state index in [9.17, 15) is 9.90 Å². The van der Waals surface area contributed by atoms with Crippen LogP contribution < -0.4 is 5.32 Å². The third-order valence-corrected chi connectivity index (χ3v) is 3.71. The minimum absolute atomic E-state index is 0.00713. The van der Waals surface area contributed by atoms with Crippen LogP contribution in [0.5, 0.6) is 0 Å². The number of carbonyl (C=O) groups is 1. The van der Waals surface area contributed by atoms with Gasteiger partial charge in [-0.2, -0.15) is 0 Å². The molecule has 1 fully saturated rings. The molecule has 1 aliphatic rings. The molecular formula is C15H22N2O2. The summed E-state index contributed by atoms with van der Waals surface area (Å²) in [7, 11) is 0. The van der Waals surface area contributed by atoms with Crippen LogP contribution in [-0.4, -0.2) is 41.7 Å². The molecule has 1 amide bonds. The lowest BCUT2D eigenvalue weighted by molar-refractivity contribution is -0.117. The van der Waals surface area contributed by atoms with Crippen LogP contribution in [0.1, 0.15) is 24.0 Å². The van der Waals surface area contributed by atoms with E-state index in [0.29, 0.717) is 6.54 Å². The first-order chi connectivity index (χ1) is 9.10. The molecule has 2 rings (SSSR count). The zero-order valence-electron chi connectivity index (χ0n) is 11.6. The molecule has 0 aromatic heterocycles. The monoisotopic (exact) mass is 262 g/mol. The maximum atomic E-state index is 12.0. The summed E-state index contributed by atoms with van der Waals surface area (Å²) in [5.74, 6) is -0.00713. The molecule has 1 heterocycles. The van der Waals surface area contributed by atoms with E-state index in [-0.39, 0.29) is 18.6 Å². The second-order valence-electron chi connectivity index (χ2n) is 5.32. The van der Waals surface area contributed by atoms with Crippen LogP contribution in [0.3, 0.4) is 0 Å². The second-order valence-corrected chi connectivity index (χ2v) is 5.32. The van der Waals surface area contributed by atoms with E-state index in [4.69, 9.17) is 0 Å². The van der Waals surface area contributed by atoms with Gasteiger partial charge in [-0.25, -0.2) is 0 Å². The molecular weight excluding hydrogens is 240 g/mol. The SMILES string of the molecule is Cc1ccc(NC(=O)CN2CCC[C@H]2CO)c(C)c1. The molecule has 104 valence electrons. The maximum absolute atomic E-state index is 12.0. The number of benzene rings is 1. The molecule has 19 heavy (non-hydrogen) atoms. The lowest BCUT2D eigenvalue weighted by atomic mass is 10.1. The molecule has 0 spiro atoms. The van der Waals surface area contributed by atoms with Gasteiger partial charge < -0.3 is 10.4 Å². The van der Waals surface area contributed by atoms with Crippen LogP contribution in [0.4, 0.5) is 5.69 Å². The first-order valence-corrected chi connectivity index (χ1v) is 6.82. The van der Waals surface area contributed by atoms with Gasteiger partial charge in [0.25, 0.3) is 0 Å². The van der Waals surface area contributed by atoms with Crippen LogP contribution in [-0.2, 0) is 4.79 Å². The van der Waals surface area contributed by atoms with Crippen molar-refractivity contribution in [3.63, 3.8) is 0 Å². The second kappa shape index (κ2) is 6.17. The Bertz CT molecular complexity index is 459. The Balaban J connectivity index is 1.94. The van der Waals surface area contributed by atoms with Crippen molar-refractivity contribution in [3.05, 3.63) is 29.3 Å². The molecule has 0 radical (unpaired) electrons. The summed E-state index contributed by atoms with van der Waals surface area (Å²) in [6.45, 7) is 5.42. The van der Waals surface area contributed by atoms with E-state index >= 15 is 0 Å². The smallest absolute Gasteiger partial charge is 0.238 e. The van der Waals surface area contributed by atoms with Gasteiger partial charge in [-0.15, -0.1) is 0 Å². The highest BCUT2D eigenvalue weighted by molar-refractivity contribution is 5.93. The molecule has 0 bridgehead atoms. The standard InChI is InChI=1S/C15H22N2O2/c1-11-5-6-14(12(2)8-11)16-15(19)9-17-7-3-4-13(17)10-18/h5-6,8,13,18H,3-4,7,9-10H2,1-2H3,(H,16,19)/t13-/m0/s1. The van der Waals surface area contributed by atoms with Gasteiger partial charge in [0.2, 0.25) is 5.91 Å². The Morgan fingerprint density at radius 1 is 1.47 bits per heavy atom. The van der Waals surface area contributed by atoms with Crippen LogP contribution in [0.15, 0.2) is 18.2 Å². The summed E-state index contributed by atoms with van der Waals surface area (Å²) in [5, 5.41) is 12.2. The first kappa shape index (κ1) is 14.0. The van der Waals surface area contributed by atoms with E-state index in [1.807, 2.05) is 26.0 Å². The molecule has 4 heteroatoms. The highest BCUT2D eigenvalue weighted by Gasteiger charge is 2.25. The third kappa shape index (κ3) is 3.55. The Morgan fingerprint density at radius 3 is 2.95 bits per heavy atom. The van der Waals surface area contributed by atoms with Gasteiger partial charge in [-0.3, -0.25) is 9.69 Å². The summed E-state index contributed by atoms with van der Waals surface area (Å²) < 4.78 is 0. The predicted octanol–water partition coefficient (Wildman–Crippen LogP) is 1.70. The number of aliphatic hydroxyl groups is 1. The zero-order valence-corrected chi connectivity index (χ0v) is 11.6. The van der Waals surface area contributed by atoms with E-state index in [0.717, 1.165) is 30.6 Å². The van der Waals surface area contributed by atoms with Crippen molar-refractivity contribution in [2.24, 2.45) is 0 Å². The van der Waals surface area contributed by atoms with Gasteiger partial charge in [0.1, 0.15) is 0 Å². The largest absolute Gasteiger partial charge is 0.395 e. The van der Waals surface area contributed by atoms with Crippen LogP contribution in [0, 0.1) is 13.8 Å². The Kier molecular flexibility index (Phi) is 4.56. The lowest BCUT2D eigenvalue weighted by Crippen LogP contribution is -2.38. The minimum atomic E-state index is -0.00713. The summed E-state index contributed by atoms with van der Waals surface area (Å²) >= 11 is 0. The van der Waals surface area contributed by atoms with Gasteiger partial charge in [0, 0.05) is 11.7 Å². The Labute approximate surface area is 114 Å². The van der Waals surface area contributed by atoms with Gasteiger partial charge in [-0.05, 0) is 44.9 Å². The number of hydrogen-bond donors (Lipinski definition) is 2. The highest BCUT2D eigenvalue weighted by atomic mass is 16.3. The van der Waals surface area contributed by atoms with Crippen molar-refractivity contribution in [2.75, 3.05) is 25.0 Å². The molecule has 1 aliphatic heterocycles. The topological polar surface area (TPSA) is 52.6 Å². The number of rotatable bonds is 4. The lowest BCUT2D eigenvalue weighted by Gasteiger charge is -2.22. The van der Waals surface area contributed by atoms with Crippen molar-refractivity contribution >= 4 is 11.6 Å². The molecule has 1 aromatic carbocycles. The number of carbonyl (C=O) groups excluding carboxylic acids is 1. The normalized spacial score (nSPS) is 19.6.